The molecule has 1 aliphatic rings. The topological polar surface area (TPSA) is 50.8 Å². The summed E-state index contributed by atoms with van der Waals surface area (Å²) in [7, 11) is 3.33. The molecular weight excluding hydrogens is 244 g/mol. The normalized spacial score (nSPS) is 20.5. The molecule has 0 bridgehead atoms. The van der Waals surface area contributed by atoms with Gasteiger partial charge < -0.3 is 19.7 Å². The van der Waals surface area contributed by atoms with Gasteiger partial charge in [0.05, 0.1) is 19.3 Å². The Labute approximate surface area is 116 Å². The van der Waals surface area contributed by atoms with Crippen LogP contribution in [0.15, 0.2) is 0 Å². The summed E-state index contributed by atoms with van der Waals surface area (Å²) in [6.07, 6.45) is 2.80. The van der Waals surface area contributed by atoms with Crippen LogP contribution in [0.2, 0.25) is 0 Å². The first-order chi connectivity index (χ1) is 9.19. The predicted octanol–water partition coefficient (Wildman–Crippen LogP) is 0.886. The van der Waals surface area contributed by atoms with E-state index in [-0.39, 0.29) is 11.9 Å². The van der Waals surface area contributed by atoms with Crippen molar-refractivity contribution in [2.24, 2.45) is 5.92 Å². The van der Waals surface area contributed by atoms with E-state index in [1.54, 1.807) is 14.2 Å². The number of nitrogens with zero attached hydrogens (tertiary/aromatic N) is 1. The summed E-state index contributed by atoms with van der Waals surface area (Å²) >= 11 is 0. The van der Waals surface area contributed by atoms with Crippen molar-refractivity contribution in [3.8, 4) is 0 Å². The molecule has 1 amide bonds. The molecule has 0 aliphatic carbocycles. The minimum atomic E-state index is 0.106. The maximum Gasteiger partial charge on any atom is 0.222 e. The van der Waals surface area contributed by atoms with Crippen LogP contribution in [-0.4, -0.2) is 63.9 Å². The van der Waals surface area contributed by atoms with Crippen molar-refractivity contribution in [3.05, 3.63) is 0 Å². The van der Waals surface area contributed by atoms with Gasteiger partial charge in [-0.25, -0.2) is 0 Å². The Kier molecular flexibility index (Phi) is 8.02. The molecule has 1 rings (SSSR count). The molecule has 1 N–H and O–H groups in total. The van der Waals surface area contributed by atoms with Gasteiger partial charge in [-0.2, -0.15) is 0 Å². The van der Waals surface area contributed by atoms with Gasteiger partial charge in [0.15, 0.2) is 0 Å². The van der Waals surface area contributed by atoms with Crippen LogP contribution < -0.4 is 5.32 Å². The fourth-order valence-electron chi connectivity index (χ4n) is 2.54. The Morgan fingerprint density at radius 2 is 2.21 bits per heavy atom. The van der Waals surface area contributed by atoms with Gasteiger partial charge in [-0.1, -0.05) is 0 Å². The highest BCUT2D eigenvalue weighted by Crippen LogP contribution is 2.16. The molecule has 0 aromatic heterocycles. The van der Waals surface area contributed by atoms with E-state index in [0.29, 0.717) is 32.1 Å². The van der Waals surface area contributed by atoms with Crippen LogP contribution in [0.5, 0.6) is 0 Å². The number of hydrogen-bond acceptors (Lipinski definition) is 4. The number of nitrogens with one attached hydrogen (secondary N) is 1. The van der Waals surface area contributed by atoms with Crippen LogP contribution in [0.25, 0.3) is 0 Å². The molecular formula is C14H28N2O3. The third-order valence-electron chi connectivity index (χ3n) is 3.73. The fraction of sp³-hybridized carbons (Fsp3) is 0.929. The maximum absolute atomic E-state index is 12.3. The van der Waals surface area contributed by atoms with Crippen LogP contribution in [0.1, 0.15) is 26.2 Å². The average Bonchev–Trinajstić information content (AvgIpc) is 2.90. The lowest BCUT2D eigenvalue weighted by Gasteiger charge is -2.29. The first-order valence-electron chi connectivity index (χ1n) is 7.17. The monoisotopic (exact) mass is 272 g/mol. The van der Waals surface area contributed by atoms with Crippen molar-refractivity contribution < 1.29 is 14.3 Å². The molecule has 5 heteroatoms. The van der Waals surface area contributed by atoms with Gasteiger partial charge in [0.2, 0.25) is 5.91 Å². The molecule has 0 radical (unpaired) electrons. The second kappa shape index (κ2) is 9.28. The molecule has 1 saturated heterocycles. The zero-order valence-corrected chi connectivity index (χ0v) is 12.5. The number of ether oxygens (including phenoxy) is 2. The zero-order valence-electron chi connectivity index (χ0n) is 12.5. The van der Waals surface area contributed by atoms with Gasteiger partial charge in [-0.3, -0.25) is 4.79 Å². The molecule has 0 spiro atoms. The number of carbonyl (C=O) groups excluding carboxylic acids is 1. The van der Waals surface area contributed by atoms with Crippen LogP contribution in [-0.2, 0) is 14.3 Å². The Morgan fingerprint density at radius 3 is 2.79 bits per heavy atom. The number of methoxy groups -OCH3 is 2. The van der Waals surface area contributed by atoms with Gasteiger partial charge >= 0.3 is 0 Å². The number of hydrogen-bond donors (Lipinski definition) is 1. The van der Waals surface area contributed by atoms with Crippen LogP contribution >= 0.6 is 0 Å². The molecule has 0 saturated carbocycles. The predicted molar refractivity (Wildman–Crippen MR) is 75.1 cm³/mol. The summed E-state index contributed by atoms with van der Waals surface area (Å²) in [4.78, 5) is 14.2. The quantitative estimate of drug-likeness (QED) is 0.677. The van der Waals surface area contributed by atoms with Gasteiger partial charge in [-0.05, 0) is 38.8 Å². The minimum Gasteiger partial charge on any atom is -0.383 e. The second-order valence-corrected chi connectivity index (χ2v) is 5.28. The maximum atomic E-state index is 12.3. The average molecular weight is 272 g/mol. The minimum absolute atomic E-state index is 0.106. The lowest BCUT2D eigenvalue weighted by molar-refractivity contribution is -0.135. The van der Waals surface area contributed by atoms with E-state index < -0.39 is 0 Å². The summed E-state index contributed by atoms with van der Waals surface area (Å²) in [6.45, 7) is 5.95. The van der Waals surface area contributed by atoms with Gasteiger partial charge in [-0.15, -0.1) is 0 Å². The van der Waals surface area contributed by atoms with Crippen molar-refractivity contribution in [2.45, 2.75) is 32.2 Å². The van der Waals surface area contributed by atoms with Crippen molar-refractivity contribution in [1.29, 1.82) is 0 Å². The van der Waals surface area contributed by atoms with E-state index in [4.69, 9.17) is 9.47 Å². The van der Waals surface area contributed by atoms with Crippen molar-refractivity contribution >= 4 is 5.91 Å². The molecule has 19 heavy (non-hydrogen) atoms. The fourth-order valence-corrected chi connectivity index (χ4v) is 2.54. The van der Waals surface area contributed by atoms with E-state index in [9.17, 15) is 4.79 Å². The molecule has 2 unspecified atom stereocenters. The van der Waals surface area contributed by atoms with E-state index in [0.717, 1.165) is 19.5 Å². The molecule has 0 aromatic rings. The first kappa shape index (κ1) is 16.4. The van der Waals surface area contributed by atoms with Crippen molar-refractivity contribution in [3.63, 3.8) is 0 Å². The summed E-state index contributed by atoms with van der Waals surface area (Å²) in [5.74, 6) is 0.874. The highest BCUT2D eigenvalue weighted by Gasteiger charge is 2.22. The van der Waals surface area contributed by atoms with E-state index >= 15 is 0 Å². The van der Waals surface area contributed by atoms with Gasteiger partial charge in [0, 0.05) is 27.2 Å². The van der Waals surface area contributed by atoms with E-state index in [1.165, 1.54) is 6.42 Å². The molecule has 0 aromatic carbocycles. The third kappa shape index (κ3) is 5.89. The Hall–Kier alpha value is -0.650. The summed E-state index contributed by atoms with van der Waals surface area (Å²) in [5.41, 5.74) is 0. The number of amides is 1. The van der Waals surface area contributed by atoms with Gasteiger partial charge in [0.25, 0.3) is 0 Å². The molecule has 1 heterocycles. The Morgan fingerprint density at radius 1 is 1.42 bits per heavy atom. The Bertz CT molecular complexity index is 255. The molecule has 5 nitrogen and oxygen atoms in total. The molecule has 2 atom stereocenters. The second-order valence-electron chi connectivity index (χ2n) is 5.28. The van der Waals surface area contributed by atoms with Crippen LogP contribution in [0.3, 0.4) is 0 Å². The number of rotatable bonds is 9. The van der Waals surface area contributed by atoms with Crippen molar-refractivity contribution in [1.82, 2.24) is 10.2 Å². The largest absolute Gasteiger partial charge is 0.383 e. The SMILES string of the molecule is COCCN(C(=O)CCC1CCNC1)C(C)COC. The lowest BCUT2D eigenvalue weighted by Crippen LogP contribution is -2.43. The van der Waals surface area contributed by atoms with Crippen molar-refractivity contribution in [2.75, 3.05) is 47.1 Å². The highest BCUT2D eigenvalue weighted by atomic mass is 16.5. The van der Waals surface area contributed by atoms with E-state index in [2.05, 4.69) is 5.32 Å². The standard InChI is InChI=1S/C14H28N2O3/c1-12(11-19-3)16(8-9-18-2)14(17)5-4-13-6-7-15-10-13/h12-13,15H,4-11H2,1-3H3. The zero-order chi connectivity index (χ0) is 14.1. The third-order valence-corrected chi connectivity index (χ3v) is 3.73. The molecule has 112 valence electrons. The number of carbonyl (C=O) groups is 1. The lowest BCUT2D eigenvalue weighted by atomic mass is 10.0. The first-order valence-corrected chi connectivity index (χ1v) is 7.17. The van der Waals surface area contributed by atoms with Gasteiger partial charge in [0.1, 0.15) is 0 Å². The molecule has 1 fully saturated rings. The smallest absolute Gasteiger partial charge is 0.222 e. The van der Waals surface area contributed by atoms with Crippen LogP contribution in [0, 0.1) is 5.92 Å². The summed E-state index contributed by atoms with van der Waals surface area (Å²) < 4.78 is 10.2. The van der Waals surface area contributed by atoms with E-state index in [1.807, 2.05) is 11.8 Å². The Balaban J connectivity index is 2.39. The highest BCUT2D eigenvalue weighted by molar-refractivity contribution is 5.76. The summed E-state index contributed by atoms with van der Waals surface area (Å²) in [6, 6.07) is 0.106. The van der Waals surface area contributed by atoms with Crippen LogP contribution in [0.4, 0.5) is 0 Å². The summed E-state index contributed by atoms with van der Waals surface area (Å²) in [5, 5.41) is 3.34. The molecule has 1 aliphatic heterocycles.